The molecule has 0 spiro atoms. The van der Waals surface area contributed by atoms with Crippen LogP contribution in [0, 0.1) is 17.8 Å². The summed E-state index contributed by atoms with van der Waals surface area (Å²) in [5.41, 5.74) is 1.25. The van der Waals surface area contributed by atoms with Gasteiger partial charge in [0, 0.05) is 25.8 Å². The highest BCUT2D eigenvalue weighted by atomic mass is 16.4. The lowest BCUT2D eigenvalue weighted by atomic mass is 9.99. The van der Waals surface area contributed by atoms with E-state index in [1.165, 1.54) is 0 Å². The Morgan fingerprint density at radius 1 is 1.37 bits per heavy atom. The molecule has 1 amide bonds. The molecule has 1 aliphatic rings. The fourth-order valence-corrected chi connectivity index (χ4v) is 3.56. The first-order valence-corrected chi connectivity index (χ1v) is 10.9. The molecule has 1 heterocycles. The number of aliphatic hydroxyl groups excluding tert-OH is 1. The third kappa shape index (κ3) is 7.35. The molecule has 5 heteroatoms. The fraction of sp³-hybridized carbons (Fsp3) is 0.520. The lowest BCUT2D eigenvalue weighted by Gasteiger charge is -2.23. The third-order valence-electron chi connectivity index (χ3n) is 5.45. The molecule has 0 saturated carbocycles. The van der Waals surface area contributed by atoms with Crippen LogP contribution in [0.2, 0.25) is 0 Å². The maximum atomic E-state index is 12.3. The van der Waals surface area contributed by atoms with Gasteiger partial charge in [-0.1, -0.05) is 38.1 Å². The standard InChI is InChI=1S/C25H33NO4/c1-3-4-5-6-9-19(2)23(27)15-13-22-14-16-24(28)26(22)17-8-11-20-10-7-12-21(18-20)25(29)30/h7,10,12-13,15,18-19,22-23,27H,3-4,8-9,11,14,16-17H2,1-2H3,(H,29,30)/b15-13+/t19?,22-,23?/m0/s1. The maximum absolute atomic E-state index is 12.3. The van der Waals surface area contributed by atoms with Crippen molar-refractivity contribution in [3.05, 3.63) is 47.5 Å². The number of nitrogens with zero attached hydrogens (tertiary/aromatic N) is 1. The van der Waals surface area contributed by atoms with E-state index in [2.05, 4.69) is 18.8 Å². The predicted molar refractivity (Wildman–Crippen MR) is 118 cm³/mol. The van der Waals surface area contributed by atoms with Crippen LogP contribution in [0.3, 0.4) is 0 Å². The van der Waals surface area contributed by atoms with Crippen molar-refractivity contribution in [3.8, 4) is 11.8 Å². The van der Waals surface area contributed by atoms with E-state index in [9.17, 15) is 14.7 Å². The molecule has 1 aromatic carbocycles. The summed E-state index contributed by atoms with van der Waals surface area (Å²) in [5.74, 6) is 5.49. The monoisotopic (exact) mass is 411 g/mol. The molecule has 2 unspecified atom stereocenters. The molecule has 0 radical (unpaired) electrons. The van der Waals surface area contributed by atoms with Crippen LogP contribution in [0.4, 0.5) is 0 Å². The average Bonchev–Trinajstić information content (AvgIpc) is 3.09. The summed E-state index contributed by atoms with van der Waals surface area (Å²) in [6.07, 6.45) is 8.56. The van der Waals surface area contributed by atoms with Crippen molar-refractivity contribution >= 4 is 11.9 Å². The zero-order chi connectivity index (χ0) is 21.9. The second kappa shape index (κ2) is 12.2. The zero-order valence-corrected chi connectivity index (χ0v) is 18.0. The number of aryl methyl sites for hydroxylation is 1. The van der Waals surface area contributed by atoms with Crippen molar-refractivity contribution in [2.75, 3.05) is 6.54 Å². The Bertz CT molecular complexity index is 805. The first-order valence-electron chi connectivity index (χ1n) is 10.9. The van der Waals surface area contributed by atoms with Gasteiger partial charge in [-0.15, -0.1) is 11.8 Å². The van der Waals surface area contributed by atoms with Gasteiger partial charge >= 0.3 is 5.97 Å². The Morgan fingerprint density at radius 3 is 2.90 bits per heavy atom. The molecule has 1 fully saturated rings. The van der Waals surface area contributed by atoms with Crippen molar-refractivity contribution < 1.29 is 19.8 Å². The number of amides is 1. The number of aromatic carboxylic acids is 1. The number of hydrogen-bond donors (Lipinski definition) is 2. The van der Waals surface area contributed by atoms with Crippen LogP contribution in [-0.2, 0) is 11.2 Å². The van der Waals surface area contributed by atoms with Gasteiger partial charge in [0.15, 0.2) is 0 Å². The molecule has 0 bridgehead atoms. The molecule has 0 aliphatic carbocycles. The number of hydrogen-bond acceptors (Lipinski definition) is 3. The van der Waals surface area contributed by atoms with E-state index >= 15 is 0 Å². The smallest absolute Gasteiger partial charge is 0.335 e. The molecule has 2 rings (SSSR count). The Morgan fingerprint density at radius 2 is 2.17 bits per heavy atom. The van der Waals surface area contributed by atoms with Crippen LogP contribution < -0.4 is 0 Å². The zero-order valence-electron chi connectivity index (χ0n) is 18.0. The maximum Gasteiger partial charge on any atom is 0.335 e. The van der Waals surface area contributed by atoms with E-state index in [4.69, 9.17) is 5.11 Å². The van der Waals surface area contributed by atoms with Gasteiger partial charge in [0.2, 0.25) is 5.91 Å². The van der Waals surface area contributed by atoms with Crippen LogP contribution in [0.25, 0.3) is 0 Å². The summed E-state index contributed by atoms with van der Waals surface area (Å²) >= 11 is 0. The van der Waals surface area contributed by atoms with E-state index in [1.54, 1.807) is 24.3 Å². The van der Waals surface area contributed by atoms with Crippen LogP contribution in [0.5, 0.6) is 0 Å². The number of carboxylic acid groups (broad SMARTS) is 1. The highest BCUT2D eigenvalue weighted by Gasteiger charge is 2.28. The first-order chi connectivity index (χ1) is 14.4. The Labute approximate surface area is 179 Å². The lowest BCUT2D eigenvalue weighted by molar-refractivity contribution is -0.128. The molecule has 162 valence electrons. The van der Waals surface area contributed by atoms with E-state index in [0.29, 0.717) is 19.4 Å². The van der Waals surface area contributed by atoms with Gasteiger partial charge in [-0.05, 0) is 49.3 Å². The van der Waals surface area contributed by atoms with Gasteiger partial charge in [-0.25, -0.2) is 4.79 Å². The van der Waals surface area contributed by atoms with Gasteiger partial charge in [-0.3, -0.25) is 4.79 Å². The number of carbonyl (C=O) groups is 2. The van der Waals surface area contributed by atoms with E-state index < -0.39 is 12.1 Å². The molecule has 0 aromatic heterocycles. The highest BCUT2D eigenvalue weighted by Crippen LogP contribution is 2.22. The van der Waals surface area contributed by atoms with Crippen molar-refractivity contribution in [2.24, 2.45) is 5.92 Å². The van der Waals surface area contributed by atoms with Crippen LogP contribution >= 0.6 is 0 Å². The quantitative estimate of drug-likeness (QED) is 0.450. The summed E-state index contributed by atoms with van der Waals surface area (Å²) in [7, 11) is 0. The normalized spacial score (nSPS) is 18.3. The summed E-state index contributed by atoms with van der Waals surface area (Å²) in [6.45, 7) is 4.70. The second-order valence-electron chi connectivity index (χ2n) is 7.96. The van der Waals surface area contributed by atoms with Crippen molar-refractivity contribution in [1.29, 1.82) is 0 Å². The summed E-state index contributed by atoms with van der Waals surface area (Å²) in [6, 6.07) is 6.94. The van der Waals surface area contributed by atoms with Gasteiger partial charge in [0.1, 0.15) is 0 Å². The number of rotatable bonds is 10. The molecule has 1 aliphatic heterocycles. The van der Waals surface area contributed by atoms with Gasteiger partial charge in [-0.2, -0.15) is 0 Å². The number of benzene rings is 1. The number of unbranched alkanes of at least 4 members (excludes halogenated alkanes) is 1. The minimum Gasteiger partial charge on any atom is -0.478 e. The summed E-state index contributed by atoms with van der Waals surface area (Å²) in [5, 5.41) is 19.5. The van der Waals surface area contributed by atoms with Gasteiger partial charge in [0.05, 0.1) is 17.7 Å². The largest absolute Gasteiger partial charge is 0.478 e. The second-order valence-corrected chi connectivity index (χ2v) is 7.96. The minimum atomic E-state index is -0.930. The van der Waals surface area contributed by atoms with Crippen molar-refractivity contribution in [1.82, 2.24) is 4.90 Å². The van der Waals surface area contributed by atoms with Crippen molar-refractivity contribution in [3.63, 3.8) is 0 Å². The number of carbonyl (C=O) groups excluding carboxylic acids is 1. The fourth-order valence-electron chi connectivity index (χ4n) is 3.56. The summed E-state index contributed by atoms with van der Waals surface area (Å²) < 4.78 is 0. The molecular weight excluding hydrogens is 378 g/mol. The van der Waals surface area contributed by atoms with Gasteiger partial charge < -0.3 is 15.1 Å². The van der Waals surface area contributed by atoms with Crippen molar-refractivity contribution in [2.45, 2.75) is 70.9 Å². The van der Waals surface area contributed by atoms with Crippen LogP contribution in [-0.4, -0.2) is 45.7 Å². The minimum absolute atomic E-state index is 0.0101. The topological polar surface area (TPSA) is 77.8 Å². The first kappa shape index (κ1) is 23.7. The molecule has 3 atom stereocenters. The number of likely N-dealkylation sites (tertiary alicyclic amines) is 1. The van der Waals surface area contributed by atoms with E-state index in [0.717, 1.165) is 37.7 Å². The van der Waals surface area contributed by atoms with E-state index in [-0.39, 0.29) is 23.4 Å². The van der Waals surface area contributed by atoms with Crippen LogP contribution in [0.1, 0.15) is 68.3 Å². The molecule has 1 aromatic rings. The Hall–Kier alpha value is -2.58. The van der Waals surface area contributed by atoms with Crippen LogP contribution in [0.15, 0.2) is 36.4 Å². The third-order valence-corrected chi connectivity index (χ3v) is 5.45. The van der Waals surface area contributed by atoms with E-state index in [1.807, 2.05) is 24.0 Å². The molecule has 1 saturated heterocycles. The van der Waals surface area contributed by atoms with Gasteiger partial charge in [0.25, 0.3) is 0 Å². The number of aliphatic hydroxyl groups is 1. The molecular formula is C25H33NO4. The number of carboxylic acids is 1. The average molecular weight is 412 g/mol. The molecule has 30 heavy (non-hydrogen) atoms. The highest BCUT2D eigenvalue weighted by molar-refractivity contribution is 5.87. The lowest BCUT2D eigenvalue weighted by Crippen LogP contribution is -2.33. The Kier molecular flexibility index (Phi) is 9.63. The predicted octanol–water partition coefficient (Wildman–Crippen LogP) is 4.06. The molecule has 2 N–H and O–H groups in total. The summed E-state index contributed by atoms with van der Waals surface area (Å²) in [4.78, 5) is 25.3. The Balaban J connectivity index is 1.86. The SMILES string of the molecule is CCCC#CCC(C)C(O)/C=C/[C@H]1CCC(=O)N1CCCc1cccc(C(=O)O)c1. The molecule has 5 nitrogen and oxygen atoms in total.